The van der Waals surface area contributed by atoms with Crippen molar-refractivity contribution in [2.24, 2.45) is 10.9 Å². The van der Waals surface area contributed by atoms with Crippen LogP contribution in [-0.4, -0.2) is 48.0 Å². The van der Waals surface area contributed by atoms with Gasteiger partial charge in [0, 0.05) is 20.2 Å². The molecule has 0 aliphatic carbocycles. The number of hydrogen-bond acceptors (Lipinski definition) is 6. The van der Waals surface area contributed by atoms with Gasteiger partial charge in [0.2, 0.25) is 0 Å². The van der Waals surface area contributed by atoms with Crippen molar-refractivity contribution < 1.29 is 9.94 Å². The summed E-state index contributed by atoms with van der Waals surface area (Å²) in [5.41, 5.74) is 7.99. The first-order valence-electron chi connectivity index (χ1n) is 6.12. The van der Waals surface area contributed by atoms with Gasteiger partial charge in [-0.25, -0.2) is 0 Å². The van der Waals surface area contributed by atoms with Crippen LogP contribution in [0.1, 0.15) is 23.7 Å². The van der Waals surface area contributed by atoms with Crippen LogP contribution in [0.15, 0.2) is 5.16 Å². The van der Waals surface area contributed by atoms with Gasteiger partial charge in [0.05, 0.1) is 17.9 Å². The molecule has 1 heterocycles. The summed E-state index contributed by atoms with van der Waals surface area (Å²) in [4.78, 5) is 1.98. The fourth-order valence-corrected chi connectivity index (χ4v) is 1.79. The molecule has 0 aromatic carbocycles. The second kappa shape index (κ2) is 6.89. The Kier molecular flexibility index (Phi) is 5.50. The van der Waals surface area contributed by atoms with Crippen LogP contribution in [0.5, 0.6) is 0 Å². The van der Waals surface area contributed by atoms with Crippen LogP contribution in [0.3, 0.4) is 0 Å². The molecule has 0 unspecified atom stereocenters. The number of nitrogens with zero attached hydrogens (tertiary/aromatic N) is 4. The number of ether oxygens (including phenoxy) is 1. The Morgan fingerprint density at radius 3 is 2.63 bits per heavy atom. The molecule has 0 saturated heterocycles. The van der Waals surface area contributed by atoms with Gasteiger partial charge >= 0.3 is 0 Å². The number of hydrogen-bond donors (Lipinski definition) is 2. The molecule has 0 atom stereocenters. The molecule has 1 aromatic rings. The lowest BCUT2D eigenvalue weighted by molar-refractivity contribution is 0.205. The lowest BCUT2D eigenvalue weighted by Crippen LogP contribution is -2.31. The summed E-state index contributed by atoms with van der Waals surface area (Å²) in [6.45, 7) is 7.68. The van der Waals surface area contributed by atoms with E-state index >= 15 is 0 Å². The second-order valence-corrected chi connectivity index (χ2v) is 4.17. The highest BCUT2D eigenvalue weighted by molar-refractivity contribution is 6.02. The largest absolute Gasteiger partial charge is 0.409 e. The van der Waals surface area contributed by atoms with E-state index in [-0.39, 0.29) is 5.84 Å². The Balaban J connectivity index is 3.29. The molecule has 106 valence electrons. The number of anilines is 1. The smallest absolute Gasteiger partial charge is 0.174 e. The zero-order valence-electron chi connectivity index (χ0n) is 11.8. The second-order valence-electron chi connectivity index (χ2n) is 4.17. The molecular formula is C12H21N5O2. The van der Waals surface area contributed by atoms with Crippen molar-refractivity contribution in [3.63, 3.8) is 0 Å². The third-order valence-electron chi connectivity index (χ3n) is 3.05. The third kappa shape index (κ3) is 3.31. The van der Waals surface area contributed by atoms with E-state index < -0.39 is 0 Å². The minimum atomic E-state index is 0.0429. The van der Waals surface area contributed by atoms with Crippen molar-refractivity contribution in [3.8, 4) is 0 Å². The Labute approximate surface area is 113 Å². The summed E-state index contributed by atoms with van der Waals surface area (Å²) in [5, 5.41) is 20.3. The summed E-state index contributed by atoms with van der Waals surface area (Å²) in [6, 6.07) is 0. The van der Waals surface area contributed by atoms with E-state index in [1.54, 1.807) is 7.11 Å². The molecule has 0 saturated carbocycles. The summed E-state index contributed by atoms with van der Waals surface area (Å²) >= 11 is 0. The van der Waals surface area contributed by atoms with Crippen LogP contribution in [0.2, 0.25) is 0 Å². The van der Waals surface area contributed by atoms with Crippen molar-refractivity contribution in [1.29, 1.82) is 0 Å². The highest BCUT2D eigenvalue weighted by Crippen LogP contribution is 2.21. The predicted octanol–water partition coefficient (Wildman–Crippen LogP) is 0.661. The van der Waals surface area contributed by atoms with Gasteiger partial charge in [-0.3, -0.25) is 0 Å². The number of likely N-dealkylation sites (N-methyl/N-ethyl adjacent to an activating group) is 1. The number of nitrogens with two attached hydrogens (primary N) is 1. The predicted molar refractivity (Wildman–Crippen MR) is 73.8 cm³/mol. The first kappa shape index (κ1) is 15.2. The van der Waals surface area contributed by atoms with E-state index in [2.05, 4.69) is 15.4 Å². The van der Waals surface area contributed by atoms with E-state index in [1.165, 1.54) is 0 Å². The summed E-state index contributed by atoms with van der Waals surface area (Å²) in [5.74, 6) is 0.652. The van der Waals surface area contributed by atoms with Crippen molar-refractivity contribution in [2.75, 3.05) is 31.7 Å². The van der Waals surface area contributed by atoms with Crippen LogP contribution in [0.25, 0.3) is 0 Å². The fourth-order valence-electron chi connectivity index (χ4n) is 1.79. The highest BCUT2D eigenvalue weighted by atomic mass is 16.5. The lowest BCUT2D eigenvalue weighted by atomic mass is 10.1. The van der Waals surface area contributed by atoms with Gasteiger partial charge in [-0.1, -0.05) is 5.16 Å². The van der Waals surface area contributed by atoms with E-state index in [9.17, 15) is 0 Å². The maximum Gasteiger partial charge on any atom is 0.174 e. The first-order valence-corrected chi connectivity index (χ1v) is 6.12. The SMILES string of the molecule is CCN(CCOC)c1nnc(C)c(C)c1C(N)=NO. The topological polar surface area (TPSA) is 96.9 Å². The molecule has 0 aliphatic rings. The monoisotopic (exact) mass is 267 g/mol. The molecule has 7 heteroatoms. The van der Waals surface area contributed by atoms with Crippen molar-refractivity contribution in [2.45, 2.75) is 20.8 Å². The normalized spacial score (nSPS) is 11.7. The van der Waals surface area contributed by atoms with Crippen LogP contribution in [0.4, 0.5) is 5.82 Å². The molecule has 1 rings (SSSR count). The molecule has 0 aliphatic heterocycles. The number of methoxy groups -OCH3 is 1. The lowest BCUT2D eigenvalue weighted by Gasteiger charge is -2.24. The summed E-state index contributed by atoms with van der Waals surface area (Å²) < 4.78 is 5.08. The van der Waals surface area contributed by atoms with E-state index in [0.717, 1.165) is 17.8 Å². The van der Waals surface area contributed by atoms with E-state index in [1.807, 2.05) is 25.7 Å². The minimum absolute atomic E-state index is 0.0429. The van der Waals surface area contributed by atoms with Gasteiger partial charge in [0.1, 0.15) is 0 Å². The first-order chi connectivity index (χ1) is 9.06. The van der Waals surface area contributed by atoms with Gasteiger partial charge in [0.15, 0.2) is 11.7 Å². The number of amidine groups is 1. The van der Waals surface area contributed by atoms with Crippen molar-refractivity contribution in [3.05, 3.63) is 16.8 Å². The Bertz CT molecular complexity index is 462. The number of rotatable bonds is 6. The Morgan fingerprint density at radius 2 is 2.11 bits per heavy atom. The summed E-state index contributed by atoms with van der Waals surface area (Å²) in [6.07, 6.45) is 0. The van der Waals surface area contributed by atoms with Gasteiger partial charge in [-0.05, 0) is 26.3 Å². The number of aryl methyl sites for hydroxylation is 1. The molecule has 0 amide bonds. The van der Waals surface area contributed by atoms with Gasteiger partial charge in [0.25, 0.3) is 0 Å². The maximum absolute atomic E-state index is 8.93. The molecule has 0 bridgehead atoms. The quantitative estimate of drug-likeness (QED) is 0.340. The molecule has 1 aromatic heterocycles. The maximum atomic E-state index is 8.93. The molecule has 19 heavy (non-hydrogen) atoms. The Hall–Kier alpha value is -1.89. The van der Waals surface area contributed by atoms with E-state index in [0.29, 0.717) is 24.5 Å². The average molecular weight is 267 g/mol. The van der Waals surface area contributed by atoms with Crippen LogP contribution in [-0.2, 0) is 4.74 Å². The molecule has 0 radical (unpaired) electrons. The fraction of sp³-hybridized carbons (Fsp3) is 0.583. The standard InChI is InChI=1S/C12H21N5O2/c1-5-17(6-7-19-4)12-10(11(13)16-18)8(2)9(3)14-15-12/h18H,5-7H2,1-4H3,(H2,13,16). The van der Waals surface area contributed by atoms with Crippen LogP contribution < -0.4 is 10.6 Å². The average Bonchev–Trinajstić information content (AvgIpc) is 2.42. The number of aromatic nitrogens is 2. The summed E-state index contributed by atoms with van der Waals surface area (Å²) in [7, 11) is 1.64. The number of oxime groups is 1. The van der Waals surface area contributed by atoms with Crippen LogP contribution >= 0.6 is 0 Å². The minimum Gasteiger partial charge on any atom is -0.409 e. The zero-order chi connectivity index (χ0) is 14.4. The molecular weight excluding hydrogens is 246 g/mol. The molecule has 7 nitrogen and oxygen atoms in total. The molecule has 3 N–H and O–H groups in total. The zero-order valence-corrected chi connectivity index (χ0v) is 11.8. The Morgan fingerprint density at radius 1 is 1.42 bits per heavy atom. The third-order valence-corrected chi connectivity index (χ3v) is 3.05. The van der Waals surface area contributed by atoms with E-state index in [4.69, 9.17) is 15.7 Å². The molecule has 0 fully saturated rings. The van der Waals surface area contributed by atoms with Crippen molar-refractivity contribution >= 4 is 11.7 Å². The van der Waals surface area contributed by atoms with Gasteiger partial charge in [-0.2, -0.15) is 5.10 Å². The highest BCUT2D eigenvalue weighted by Gasteiger charge is 2.19. The molecule has 0 spiro atoms. The van der Waals surface area contributed by atoms with Crippen molar-refractivity contribution in [1.82, 2.24) is 10.2 Å². The van der Waals surface area contributed by atoms with Crippen LogP contribution in [0, 0.1) is 13.8 Å². The van der Waals surface area contributed by atoms with Gasteiger partial charge in [-0.15, -0.1) is 5.10 Å². The van der Waals surface area contributed by atoms with Gasteiger partial charge < -0.3 is 20.6 Å².